The monoisotopic (exact) mass is 292 g/mol. The number of esters is 1. The number of carbonyl (C=O) groups excluding carboxylic acids is 2. The van der Waals surface area contributed by atoms with E-state index in [9.17, 15) is 9.59 Å². The van der Waals surface area contributed by atoms with Crippen LogP contribution in [-0.2, 0) is 14.3 Å². The molecule has 0 atom stereocenters. The van der Waals surface area contributed by atoms with Crippen LogP contribution in [-0.4, -0.2) is 38.1 Å². The predicted molar refractivity (Wildman–Crippen MR) is 76.3 cm³/mol. The lowest BCUT2D eigenvalue weighted by molar-refractivity contribution is -0.143. The topological polar surface area (TPSA) is 67.4 Å². The van der Waals surface area contributed by atoms with Crippen molar-refractivity contribution in [3.8, 4) is 0 Å². The lowest BCUT2D eigenvalue weighted by atomic mass is 9.93. The van der Waals surface area contributed by atoms with Gasteiger partial charge in [0.1, 0.15) is 0 Å². The van der Waals surface area contributed by atoms with Crippen molar-refractivity contribution in [3.05, 3.63) is 0 Å². The fourth-order valence-electron chi connectivity index (χ4n) is 2.13. The van der Waals surface area contributed by atoms with Gasteiger partial charge in [-0.1, -0.05) is 0 Å². The minimum absolute atomic E-state index is 0. The Bertz CT molecular complexity index is 269. The maximum absolute atomic E-state index is 11.5. The summed E-state index contributed by atoms with van der Waals surface area (Å²) < 4.78 is 4.78. The van der Waals surface area contributed by atoms with Crippen molar-refractivity contribution < 1.29 is 14.3 Å². The molecular weight excluding hydrogens is 268 g/mol. The number of hydrogen-bond donors (Lipinski definition) is 2. The molecule has 1 saturated heterocycles. The van der Waals surface area contributed by atoms with Crippen molar-refractivity contribution in [1.29, 1.82) is 0 Å². The molecule has 1 aliphatic rings. The van der Waals surface area contributed by atoms with Crippen LogP contribution in [0.4, 0.5) is 0 Å². The second kappa shape index (κ2) is 11.1. The van der Waals surface area contributed by atoms with Gasteiger partial charge >= 0.3 is 5.97 Å². The number of ether oxygens (including phenoxy) is 1. The van der Waals surface area contributed by atoms with Crippen LogP contribution >= 0.6 is 12.4 Å². The van der Waals surface area contributed by atoms with Crippen LogP contribution in [0.2, 0.25) is 0 Å². The molecule has 0 saturated carbocycles. The van der Waals surface area contributed by atoms with Crippen LogP contribution in [0.5, 0.6) is 0 Å². The summed E-state index contributed by atoms with van der Waals surface area (Å²) >= 11 is 0. The first kappa shape index (κ1) is 18.2. The second-order valence-electron chi connectivity index (χ2n) is 4.64. The molecule has 1 rings (SSSR count). The number of nitrogens with one attached hydrogen (secondary N) is 2. The lowest BCUT2D eigenvalue weighted by Gasteiger charge is -2.22. The highest BCUT2D eigenvalue weighted by molar-refractivity contribution is 5.85. The number of carbonyl (C=O) groups is 2. The Hall–Kier alpha value is -0.810. The molecule has 112 valence electrons. The average molecular weight is 293 g/mol. The van der Waals surface area contributed by atoms with Crippen molar-refractivity contribution in [3.63, 3.8) is 0 Å². The van der Waals surface area contributed by atoms with Gasteiger partial charge in [0.05, 0.1) is 13.0 Å². The molecule has 1 heterocycles. The summed E-state index contributed by atoms with van der Waals surface area (Å²) in [4.78, 5) is 22.6. The van der Waals surface area contributed by atoms with E-state index < -0.39 is 0 Å². The molecule has 0 radical (unpaired) electrons. The first-order valence-electron chi connectivity index (χ1n) is 6.85. The minimum Gasteiger partial charge on any atom is -0.466 e. The molecule has 2 N–H and O–H groups in total. The van der Waals surface area contributed by atoms with Gasteiger partial charge in [-0.2, -0.15) is 0 Å². The molecule has 0 unspecified atom stereocenters. The molecule has 1 aliphatic heterocycles. The maximum atomic E-state index is 11.5. The molecule has 1 amide bonds. The fraction of sp³-hybridized carbons (Fsp3) is 0.846. The molecular formula is C13H25ClN2O3. The van der Waals surface area contributed by atoms with Gasteiger partial charge in [0.15, 0.2) is 0 Å². The van der Waals surface area contributed by atoms with Crippen molar-refractivity contribution in [2.75, 3.05) is 26.2 Å². The molecule has 0 aliphatic carbocycles. The normalized spacial score (nSPS) is 15.4. The molecule has 0 bridgehead atoms. The number of halogens is 1. The minimum atomic E-state index is -0.254. The van der Waals surface area contributed by atoms with E-state index in [4.69, 9.17) is 4.74 Å². The van der Waals surface area contributed by atoms with E-state index in [0.29, 0.717) is 25.5 Å². The maximum Gasteiger partial charge on any atom is 0.307 e. The Morgan fingerprint density at radius 2 is 1.95 bits per heavy atom. The summed E-state index contributed by atoms with van der Waals surface area (Å²) in [6, 6.07) is 0. The van der Waals surface area contributed by atoms with Gasteiger partial charge in [0.25, 0.3) is 0 Å². The van der Waals surface area contributed by atoms with E-state index in [0.717, 1.165) is 32.4 Å². The van der Waals surface area contributed by atoms with Crippen molar-refractivity contribution in [1.82, 2.24) is 10.6 Å². The summed E-state index contributed by atoms with van der Waals surface area (Å²) in [6.45, 7) is 4.67. The van der Waals surface area contributed by atoms with Gasteiger partial charge < -0.3 is 15.4 Å². The SMILES string of the molecule is CCOC(=O)CCNC(=O)CCC1CCNCC1.Cl. The summed E-state index contributed by atoms with van der Waals surface area (Å²) in [6.07, 6.45) is 4.10. The van der Waals surface area contributed by atoms with E-state index in [1.165, 1.54) is 0 Å². The van der Waals surface area contributed by atoms with E-state index in [2.05, 4.69) is 10.6 Å². The van der Waals surface area contributed by atoms with E-state index >= 15 is 0 Å². The highest BCUT2D eigenvalue weighted by Gasteiger charge is 2.14. The van der Waals surface area contributed by atoms with Crippen molar-refractivity contribution in [2.45, 2.75) is 39.0 Å². The number of piperidine rings is 1. The van der Waals surface area contributed by atoms with Crippen molar-refractivity contribution in [2.24, 2.45) is 5.92 Å². The summed E-state index contributed by atoms with van der Waals surface area (Å²) in [7, 11) is 0. The van der Waals surface area contributed by atoms with Gasteiger partial charge in [0, 0.05) is 13.0 Å². The average Bonchev–Trinajstić information content (AvgIpc) is 2.38. The number of rotatable bonds is 7. The molecule has 0 aromatic carbocycles. The van der Waals surface area contributed by atoms with Crippen molar-refractivity contribution >= 4 is 24.3 Å². The van der Waals surface area contributed by atoms with Gasteiger partial charge in [0.2, 0.25) is 5.91 Å². The molecule has 0 aromatic heterocycles. The quantitative estimate of drug-likeness (QED) is 0.693. The highest BCUT2D eigenvalue weighted by atomic mass is 35.5. The van der Waals surface area contributed by atoms with Crippen LogP contribution < -0.4 is 10.6 Å². The zero-order valence-corrected chi connectivity index (χ0v) is 12.4. The molecule has 5 nitrogen and oxygen atoms in total. The molecule has 19 heavy (non-hydrogen) atoms. The van der Waals surface area contributed by atoms with Crippen LogP contribution in [0.15, 0.2) is 0 Å². The first-order chi connectivity index (χ1) is 8.72. The van der Waals surface area contributed by atoms with Crippen LogP contribution in [0.1, 0.15) is 39.0 Å². The van der Waals surface area contributed by atoms with Gasteiger partial charge in [-0.05, 0) is 45.2 Å². The standard InChI is InChI=1S/C13H24N2O3.ClH/c1-2-18-13(17)7-10-15-12(16)4-3-11-5-8-14-9-6-11;/h11,14H,2-10H2,1H3,(H,15,16);1H. The molecule has 0 spiro atoms. The highest BCUT2D eigenvalue weighted by Crippen LogP contribution is 2.17. The summed E-state index contributed by atoms with van der Waals surface area (Å²) in [5.74, 6) is 0.455. The fourth-order valence-corrected chi connectivity index (χ4v) is 2.13. The van der Waals surface area contributed by atoms with Crippen LogP contribution in [0, 0.1) is 5.92 Å². The largest absolute Gasteiger partial charge is 0.466 e. The Labute approximate surface area is 121 Å². The summed E-state index contributed by atoms with van der Waals surface area (Å²) in [5, 5.41) is 6.07. The van der Waals surface area contributed by atoms with E-state index in [1.807, 2.05) is 0 Å². The van der Waals surface area contributed by atoms with Gasteiger partial charge in [-0.25, -0.2) is 0 Å². The van der Waals surface area contributed by atoms with E-state index in [-0.39, 0.29) is 30.7 Å². The Balaban J connectivity index is 0.00000324. The van der Waals surface area contributed by atoms with Crippen LogP contribution in [0.3, 0.4) is 0 Å². The lowest BCUT2D eigenvalue weighted by Crippen LogP contribution is -2.30. The Morgan fingerprint density at radius 1 is 1.26 bits per heavy atom. The van der Waals surface area contributed by atoms with E-state index in [1.54, 1.807) is 6.92 Å². The molecule has 0 aromatic rings. The number of amides is 1. The Morgan fingerprint density at radius 3 is 2.58 bits per heavy atom. The van der Waals surface area contributed by atoms with Gasteiger partial charge in [-0.3, -0.25) is 9.59 Å². The Kier molecular flexibility index (Phi) is 10.6. The molecule has 1 fully saturated rings. The predicted octanol–water partition coefficient (Wildman–Crippen LogP) is 1.26. The van der Waals surface area contributed by atoms with Gasteiger partial charge in [-0.15, -0.1) is 12.4 Å². The zero-order valence-electron chi connectivity index (χ0n) is 11.6. The first-order valence-corrected chi connectivity index (χ1v) is 6.85. The smallest absolute Gasteiger partial charge is 0.307 e. The summed E-state index contributed by atoms with van der Waals surface area (Å²) in [5.41, 5.74) is 0. The third kappa shape index (κ3) is 8.83. The molecule has 6 heteroatoms. The third-order valence-corrected chi connectivity index (χ3v) is 3.19. The second-order valence-corrected chi connectivity index (χ2v) is 4.64. The number of hydrogen-bond acceptors (Lipinski definition) is 4. The third-order valence-electron chi connectivity index (χ3n) is 3.19. The van der Waals surface area contributed by atoms with Crippen LogP contribution in [0.25, 0.3) is 0 Å². The zero-order chi connectivity index (χ0) is 13.2.